The molecule has 1 aromatic heterocycles. The first-order chi connectivity index (χ1) is 13.1. The van der Waals surface area contributed by atoms with Gasteiger partial charge in [-0.25, -0.2) is 4.79 Å². The summed E-state index contributed by atoms with van der Waals surface area (Å²) in [6.07, 6.45) is 4.77. The van der Waals surface area contributed by atoms with Gasteiger partial charge >= 0.3 is 6.03 Å². The lowest BCUT2D eigenvalue weighted by Gasteiger charge is -2.24. The Labute approximate surface area is 162 Å². The molecule has 0 radical (unpaired) electrons. The molecule has 0 aliphatic rings. The van der Waals surface area contributed by atoms with Crippen molar-refractivity contribution in [3.8, 4) is 11.4 Å². The van der Waals surface area contributed by atoms with E-state index in [9.17, 15) is 4.79 Å². The molecule has 0 aliphatic carbocycles. The molecule has 27 heavy (non-hydrogen) atoms. The fraction of sp³-hybridized carbons (Fsp3) is 0.571. The molecule has 2 aromatic rings. The van der Waals surface area contributed by atoms with E-state index in [1.54, 1.807) is 0 Å². The van der Waals surface area contributed by atoms with E-state index in [0.29, 0.717) is 12.5 Å². The molecule has 2 amide bonds. The maximum atomic E-state index is 12.2. The number of carbonyl (C=O) groups is 1. The fourth-order valence-corrected chi connectivity index (χ4v) is 3.18. The Morgan fingerprint density at radius 2 is 1.93 bits per heavy atom. The molecule has 1 aromatic carbocycles. The molecule has 6 heteroatoms. The maximum absolute atomic E-state index is 12.2. The lowest BCUT2D eigenvalue weighted by Crippen LogP contribution is -2.45. The number of aromatic nitrogens is 3. The second kappa shape index (κ2) is 10.7. The van der Waals surface area contributed by atoms with Gasteiger partial charge in [-0.05, 0) is 18.8 Å². The second-order valence-electron chi connectivity index (χ2n) is 7.15. The number of hydrogen-bond donors (Lipinski definition) is 2. The predicted octanol–water partition coefficient (Wildman–Crippen LogP) is 3.93. The van der Waals surface area contributed by atoms with Crippen LogP contribution in [0.15, 0.2) is 30.3 Å². The molecule has 2 atom stereocenters. The second-order valence-corrected chi connectivity index (χ2v) is 7.15. The predicted molar refractivity (Wildman–Crippen MR) is 109 cm³/mol. The fourth-order valence-electron chi connectivity index (χ4n) is 3.18. The number of benzene rings is 1. The highest BCUT2D eigenvalue weighted by atomic mass is 16.2. The van der Waals surface area contributed by atoms with Crippen molar-refractivity contribution in [1.82, 2.24) is 25.4 Å². The van der Waals surface area contributed by atoms with Gasteiger partial charge in [0.25, 0.3) is 0 Å². The number of carbonyl (C=O) groups excluding carboxylic acids is 1. The number of amides is 2. The summed E-state index contributed by atoms with van der Waals surface area (Å²) in [5.74, 6) is 2.29. The Morgan fingerprint density at radius 1 is 1.19 bits per heavy atom. The summed E-state index contributed by atoms with van der Waals surface area (Å²) < 4.78 is 2.02. The van der Waals surface area contributed by atoms with Gasteiger partial charge in [0.1, 0.15) is 5.82 Å². The average Bonchev–Trinajstić information content (AvgIpc) is 3.05. The van der Waals surface area contributed by atoms with Crippen molar-refractivity contribution in [3.63, 3.8) is 0 Å². The first-order valence-corrected chi connectivity index (χ1v) is 10.0. The average molecular weight is 372 g/mol. The van der Waals surface area contributed by atoms with Crippen molar-refractivity contribution < 1.29 is 4.79 Å². The van der Waals surface area contributed by atoms with E-state index >= 15 is 0 Å². The van der Waals surface area contributed by atoms with Crippen LogP contribution in [0.2, 0.25) is 0 Å². The van der Waals surface area contributed by atoms with Gasteiger partial charge in [-0.3, -0.25) is 0 Å². The van der Waals surface area contributed by atoms with Crippen molar-refractivity contribution in [3.05, 3.63) is 36.2 Å². The van der Waals surface area contributed by atoms with Crippen LogP contribution in [0.25, 0.3) is 11.4 Å². The zero-order chi connectivity index (χ0) is 19.6. The highest BCUT2D eigenvalue weighted by molar-refractivity contribution is 5.74. The number of hydrogen-bond acceptors (Lipinski definition) is 3. The summed E-state index contributed by atoms with van der Waals surface area (Å²) in [7, 11) is 1.99. The van der Waals surface area contributed by atoms with Gasteiger partial charge in [-0.15, -0.1) is 10.2 Å². The van der Waals surface area contributed by atoms with Crippen LogP contribution in [0.4, 0.5) is 4.79 Å². The van der Waals surface area contributed by atoms with E-state index in [4.69, 9.17) is 0 Å². The van der Waals surface area contributed by atoms with Crippen LogP contribution < -0.4 is 10.6 Å². The summed E-state index contributed by atoms with van der Waals surface area (Å²) in [5.41, 5.74) is 1.06. The molecule has 0 spiro atoms. The molecule has 0 bridgehead atoms. The van der Waals surface area contributed by atoms with E-state index in [1.165, 1.54) is 0 Å². The van der Waals surface area contributed by atoms with Crippen molar-refractivity contribution >= 4 is 6.03 Å². The van der Waals surface area contributed by atoms with Crippen LogP contribution >= 0.6 is 0 Å². The normalized spacial score (nSPS) is 13.2. The highest BCUT2D eigenvalue weighted by Crippen LogP contribution is 2.17. The lowest BCUT2D eigenvalue weighted by molar-refractivity contribution is 0.229. The molecule has 0 saturated carbocycles. The van der Waals surface area contributed by atoms with E-state index < -0.39 is 0 Å². The molecule has 2 rings (SSSR count). The molecule has 2 unspecified atom stereocenters. The zero-order valence-electron chi connectivity index (χ0n) is 17.0. The zero-order valence-corrected chi connectivity index (χ0v) is 17.0. The number of nitrogens with one attached hydrogen (secondary N) is 2. The molecule has 1 heterocycles. The maximum Gasteiger partial charge on any atom is 0.315 e. The summed E-state index contributed by atoms with van der Waals surface area (Å²) in [6.45, 7) is 7.13. The lowest BCUT2D eigenvalue weighted by atomic mass is 9.95. The largest absolute Gasteiger partial charge is 0.338 e. The Hall–Kier alpha value is -2.37. The third-order valence-electron chi connectivity index (χ3n) is 5.11. The Kier molecular flexibility index (Phi) is 8.30. The van der Waals surface area contributed by atoms with Crippen LogP contribution in [0.5, 0.6) is 0 Å². The molecule has 0 aliphatic heterocycles. The quantitative estimate of drug-likeness (QED) is 0.622. The number of urea groups is 1. The molecule has 0 fully saturated rings. The van der Waals surface area contributed by atoms with Gasteiger partial charge in [0, 0.05) is 31.6 Å². The van der Waals surface area contributed by atoms with Gasteiger partial charge < -0.3 is 15.2 Å². The smallest absolute Gasteiger partial charge is 0.315 e. The molecule has 6 nitrogen and oxygen atoms in total. The van der Waals surface area contributed by atoms with Gasteiger partial charge in [0.15, 0.2) is 5.82 Å². The van der Waals surface area contributed by atoms with Gasteiger partial charge in [-0.2, -0.15) is 0 Å². The SMILES string of the molecule is CCCC(NC(=O)NCCCc1nnc(-c2ccccc2)n1C)C(C)CC. The van der Waals surface area contributed by atoms with E-state index in [-0.39, 0.29) is 12.1 Å². The topological polar surface area (TPSA) is 71.8 Å². The minimum absolute atomic E-state index is 0.0725. The van der Waals surface area contributed by atoms with Crippen molar-refractivity contribution in [2.24, 2.45) is 13.0 Å². The summed E-state index contributed by atoms with van der Waals surface area (Å²) in [5, 5.41) is 14.7. The van der Waals surface area contributed by atoms with Crippen LogP contribution in [0.1, 0.15) is 52.3 Å². The summed E-state index contributed by atoms with van der Waals surface area (Å²) >= 11 is 0. The van der Waals surface area contributed by atoms with E-state index in [1.807, 2.05) is 41.9 Å². The van der Waals surface area contributed by atoms with Crippen LogP contribution in [-0.2, 0) is 13.5 Å². The van der Waals surface area contributed by atoms with Crippen LogP contribution in [0, 0.1) is 5.92 Å². The first-order valence-electron chi connectivity index (χ1n) is 10.0. The van der Waals surface area contributed by atoms with E-state index in [0.717, 1.165) is 49.3 Å². The first kappa shape index (κ1) is 20.9. The monoisotopic (exact) mass is 371 g/mol. The van der Waals surface area contributed by atoms with Crippen LogP contribution in [0.3, 0.4) is 0 Å². The highest BCUT2D eigenvalue weighted by Gasteiger charge is 2.17. The number of nitrogens with zero attached hydrogens (tertiary/aromatic N) is 3. The molecule has 2 N–H and O–H groups in total. The number of aryl methyl sites for hydroxylation is 1. The minimum atomic E-state index is -0.0725. The minimum Gasteiger partial charge on any atom is -0.338 e. The Balaban J connectivity index is 1.78. The van der Waals surface area contributed by atoms with Crippen molar-refractivity contribution in [1.29, 1.82) is 0 Å². The third kappa shape index (κ3) is 6.08. The Bertz CT molecular complexity index is 698. The van der Waals surface area contributed by atoms with Crippen LogP contribution in [-0.4, -0.2) is 33.4 Å². The summed E-state index contributed by atoms with van der Waals surface area (Å²) in [6, 6.07) is 10.2. The molecule has 148 valence electrons. The van der Waals surface area contributed by atoms with Crippen molar-refractivity contribution in [2.75, 3.05) is 6.54 Å². The molecular weight excluding hydrogens is 338 g/mol. The van der Waals surface area contributed by atoms with Gasteiger partial charge in [0.2, 0.25) is 0 Å². The van der Waals surface area contributed by atoms with E-state index in [2.05, 4.69) is 41.6 Å². The Morgan fingerprint density at radius 3 is 2.59 bits per heavy atom. The van der Waals surface area contributed by atoms with Gasteiger partial charge in [-0.1, -0.05) is 63.9 Å². The van der Waals surface area contributed by atoms with Crippen molar-refractivity contribution in [2.45, 2.75) is 58.9 Å². The summed E-state index contributed by atoms with van der Waals surface area (Å²) in [4.78, 5) is 12.2. The standard InChI is InChI=1S/C21H33N5O/c1-5-11-18(16(3)6-2)23-21(27)22-15-10-14-19-24-25-20(26(19)4)17-12-8-7-9-13-17/h7-9,12-13,16,18H,5-6,10-11,14-15H2,1-4H3,(H2,22,23,27). The third-order valence-corrected chi connectivity index (χ3v) is 5.11. The number of rotatable bonds is 10. The van der Waals surface area contributed by atoms with Gasteiger partial charge in [0.05, 0.1) is 0 Å². The molecule has 0 saturated heterocycles. The molecular formula is C21H33N5O.